The number of carbonyl (C=O) groups excluding carboxylic acids is 1. The van der Waals surface area contributed by atoms with Crippen LogP contribution in [0.1, 0.15) is 76.7 Å². The van der Waals surface area contributed by atoms with E-state index in [4.69, 9.17) is 10.5 Å². The molecule has 2 aliphatic carbocycles. The molecule has 3 heterocycles. The Bertz CT molecular complexity index is 1480. The van der Waals surface area contributed by atoms with Crippen LogP contribution in [-0.4, -0.2) is 32.1 Å². The summed E-state index contributed by atoms with van der Waals surface area (Å²) in [6.07, 6.45) is 16.7. The molecule has 0 aliphatic heterocycles. The molecule has 5 rings (SSSR count). The number of aromatic nitrogens is 5. The van der Waals surface area contributed by atoms with Gasteiger partial charge in [-0.3, -0.25) is 4.57 Å². The molecule has 3 N–H and O–H groups in total. The number of nitrogens with zero attached hydrogens (tertiary/aromatic N) is 4. The summed E-state index contributed by atoms with van der Waals surface area (Å²) >= 11 is 3.39. The molecule has 1 saturated carbocycles. The lowest BCUT2D eigenvalue weighted by Crippen LogP contribution is -3.00. The Balaban J connectivity index is 0.00000387. The Labute approximate surface area is 257 Å². The van der Waals surface area contributed by atoms with E-state index in [0.29, 0.717) is 30.0 Å². The van der Waals surface area contributed by atoms with Gasteiger partial charge in [-0.15, -0.1) is 0 Å². The third-order valence-corrected chi connectivity index (χ3v) is 10.5. The van der Waals surface area contributed by atoms with E-state index in [0.717, 1.165) is 47.9 Å². The van der Waals surface area contributed by atoms with Gasteiger partial charge in [0.1, 0.15) is 12.3 Å². The van der Waals surface area contributed by atoms with Crippen LogP contribution >= 0.6 is 15.9 Å². The van der Waals surface area contributed by atoms with Crippen molar-refractivity contribution in [2.45, 2.75) is 72.8 Å². The molecule has 10 heteroatoms. The second-order valence-corrected chi connectivity index (χ2v) is 13.3. The van der Waals surface area contributed by atoms with Crippen LogP contribution in [0.5, 0.6) is 0 Å². The number of anilines is 1. The van der Waals surface area contributed by atoms with Crippen LogP contribution in [0.4, 0.5) is 5.82 Å². The number of nitrogen functional groups attached to an aromatic ring is 1. The molecule has 41 heavy (non-hydrogen) atoms. The standard InChI is InChI=1S/C31H41BrN6O2.ClH/c1-20(11-14-38-19-37(5)28-26(38)27(33)35-18-36-28)9-12-30(3)21(2)10-13-31(4)22(7-6-8-25(30)31)17-40-29(39)24-15-23(32)16-34-24;/h7,11,15-16,18-19,21,25H,6,8-10,12-14,17H2,1-5H3,(H2-,33,34,35,36,39);1H/b20-11+;/t21-,25+,30+,31+;/m1./s1. The SMILES string of the molecule is C/C(=C\Cn1c[n+](C)c2ncnc(N)c21)CC[C@@]1(C)[C@H](C)CC[C@@]2(C)C(COC(=O)c3cc(Br)c[nH]3)=CCC[C@@H]12.[Cl-]. The number of aromatic amines is 1. The number of ether oxygens (including phenoxy) is 1. The van der Waals surface area contributed by atoms with Crippen molar-refractivity contribution < 1.29 is 26.5 Å². The van der Waals surface area contributed by atoms with Crippen LogP contribution in [0.15, 0.2) is 52.7 Å². The number of hydrogen-bond acceptors (Lipinski definition) is 5. The zero-order valence-corrected chi connectivity index (χ0v) is 27.1. The molecule has 0 bridgehead atoms. The fourth-order valence-electron chi connectivity index (χ4n) is 7.33. The van der Waals surface area contributed by atoms with Gasteiger partial charge in [0.05, 0.1) is 13.6 Å². The highest BCUT2D eigenvalue weighted by Gasteiger charge is 2.53. The van der Waals surface area contributed by atoms with Crippen LogP contribution < -0.4 is 22.7 Å². The van der Waals surface area contributed by atoms with E-state index in [-0.39, 0.29) is 29.2 Å². The second kappa shape index (κ2) is 12.3. The number of nitrogens with one attached hydrogen (secondary N) is 1. The van der Waals surface area contributed by atoms with Crippen molar-refractivity contribution in [2.24, 2.45) is 29.7 Å². The maximum Gasteiger partial charge on any atom is 0.355 e. The van der Waals surface area contributed by atoms with Crippen molar-refractivity contribution in [3.8, 4) is 0 Å². The lowest BCUT2D eigenvalue weighted by molar-refractivity contribution is -0.647. The average molecular weight is 646 g/mol. The van der Waals surface area contributed by atoms with Crippen LogP contribution in [0, 0.1) is 22.7 Å². The van der Waals surface area contributed by atoms with Crippen molar-refractivity contribution in [1.29, 1.82) is 0 Å². The predicted molar refractivity (Wildman–Crippen MR) is 160 cm³/mol. The monoisotopic (exact) mass is 644 g/mol. The van der Waals surface area contributed by atoms with Crippen LogP contribution in [-0.2, 0) is 18.3 Å². The first-order valence-electron chi connectivity index (χ1n) is 14.3. The Morgan fingerprint density at radius 1 is 1.34 bits per heavy atom. The van der Waals surface area contributed by atoms with E-state index in [1.807, 2.05) is 17.9 Å². The van der Waals surface area contributed by atoms with E-state index in [1.165, 1.54) is 30.3 Å². The number of nitrogens with two attached hydrogens (primary N) is 1. The molecule has 0 spiro atoms. The largest absolute Gasteiger partial charge is 1.00 e. The molecule has 0 saturated heterocycles. The number of imidazole rings is 1. The van der Waals surface area contributed by atoms with E-state index in [9.17, 15) is 4.79 Å². The Kier molecular flexibility index (Phi) is 9.38. The van der Waals surface area contributed by atoms with Crippen LogP contribution in [0.3, 0.4) is 0 Å². The second-order valence-electron chi connectivity index (χ2n) is 12.4. The number of carbonyl (C=O) groups is 1. The fraction of sp³-hybridized carbons (Fsp3) is 0.548. The fourth-order valence-corrected chi connectivity index (χ4v) is 7.68. The number of hydrogen-bond donors (Lipinski definition) is 2. The zero-order valence-electron chi connectivity index (χ0n) is 24.7. The Morgan fingerprint density at radius 2 is 2.12 bits per heavy atom. The predicted octanol–water partition coefficient (Wildman–Crippen LogP) is 3.30. The van der Waals surface area contributed by atoms with Crippen molar-refractivity contribution in [3.63, 3.8) is 0 Å². The first kappa shape index (κ1) is 31.3. The van der Waals surface area contributed by atoms with Gasteiger partial charge >= 0.3 is 11.6 Å². The molecule has 8 nitrogen and oxygen atoms in total. The summed E-state index contributed by atoms with van der Waals surface area (Å²) in [7, 11) is 1.98. The molecule has 2 aliphatic rings. The lowest BCUT2D eigenvalue weighted by atomic mass is 9.47. The molecular weight excluding hydrogens is 604 g/mol. The van der Waals surface area contributed by atoms with Crippen molar-refractivity contribution in [1.82, 2.24) is 19.5 Å². The highest BCUT2D eigenvalue weighted by atomic mass is 79.9. The molecule has 0 aromatic carbocycles. The summed E-state index contributed by atoms with van der Waals surface area (Å²) in [6, 6.07) is 1.76. The Hall–Kier alpha value is -2.65. The molecule has 0 radical (unpaired) electrons. The number of rotatable bonds is 8. The van der Waals surface area contributed by atoms with Gasteiger partial charge in [-0.05, 0) is 95.7 Å². The molecule has 222 valence electrons. The molecule has 1 fully saturated rings. The smallest absolute Gasteiger partial charge is 0.355 e. The third-order valence-electron chi connectivity index (χ3n) is 10.1. The molecule has 3 aromatic rings. The zero-order chi connectivity index (χ0) is 28.7. The topological polar surface area (TPSA) is 103 Å². The molecule has 0 amide bonds. The molecular formula is C31H42BrClN6O2. The summed E-state index contributed by atoms with van der Waals surface area (Å²) in [5.74, 6) is 1.40. The number of allylic oxidation sites excluding steroid dienone is 3. The van der Waals surface area contributed by atoms with E-state index in [1.54, 1.807) is 12.3 Å². The quantitative estimate of drug-likeness (QED) is 0.223. The average Bonchev–Trinajstić information content (AvgIpc) is 3.51. The minimum atomic E-state index is -0.303. The van der Waals surface area contributed by atoms with Gasteiger partial charge in [-0.25, -0.2) is 9.36 Å². The number of halogens is 2. The minimum absolute atomic E-state index is 0. The van der Waals surface area contributed by atoms with Gasteiger partial charge < -0.3 is 27.9 Å². The van der Waals surface area contributed by atoms with Gasteiger partial charge in [0.25, 0.3) is 0 Å². The number of H-pyrrole nitrogens is 1. The highest BCUT2D eigenvalue weighted by molar-refractivity contribution is 9.10. The van der Waals surface area contributed by atoms with Gasteiger partial charge in [0.15, 0.2) is 18.5 Å². The maximum absolute atomic E-state index is 12.7. The van der Waals surface area contributed by atoms with Gasteiger partial charge in [-0.1, -0.05) is 43.5 Å². The number of aryl methyl sites for hydroxylation is 1. The van der Waals surface area contributed by atoms with E-state index >= 15 is 0 Å². The molecule has 0 unspecified atom stereocenters. The van der Waals surface area contributed by atoms with Gasteiger partial charge in [0, 0.05) is 10.7 Å². The summed E-state index contributed by atoms with van der Waals surface area (Å²) in [6.45, 7) is 10.7. The lowest BCUT2D eigenvalue weighted by Gasteiger charge is -2.58. The molecule has 3 aromatic heterocycles. The maximum atomic E-state index is 12.7. The van der Waals surface area contributed by atoms with Crippen molar-refractivity contribution >= 4 is 38.9 Å². The van der Waals surface area contributed by atoms with Crippen LogP contribution in [0.25, 0.3) is 11.2 Å². The normalized spacial score (nSPS) is 26.3. The minimum Gasteiger partial charge on any atom is -1.00 e. The highest BCUT2D eigenvalue weighted by Crippen LogP contribution is 2.62. The first-order chi connectivity index (χ1) is 19.0. The van der Waals surface area contributed by atoms with Gasteiger partial charge in [0.2, 0.25) is 5.52 Å². The number of fused-ring (bicyclic) bond motifs is 2. The van der Waals surface area contributed by atoms with Crippen LogP contribution in [0.2, 0.25) is 0 Å². The summed E-state index contributed by atoms with van der Waals surface area (Å²) in [5.41, 5.74) is 11.3. The number of esters is 1. The van der Waals surface area contributed by atoms with E-state index in [2.05, 4.69) is 75.3 Å². The van der Waals surface area contributed by atoms with E-state index < -0.39 is 0 Å². The van der Waals surface area contributed by atoms with Crippen molar-refractivity contribution in [2.75, 3.05) is 12.3 Å². The summed E-state index contributed by atoms with van der Waals surface area (Å²) < 4.78 is 10.8. The Morgan fingerprint density at radius 3 is 2.85 bits per heavy atom. The molecule has 4 atom stereocenters. The summed E-state index contributed by atoms with van der Waals surface area (Å²) in [5, 5.41) is 0. The summed E-state index contributed by atoms with van der Waals surface area (Å²) in [4.78, 5) is 24.2. The third kappa shape index (κ3) is 5.98. The first-order valence-corrected chi connectivity index (χ1v) is 15.1. The van der Waals surface area contributed by atoms with Gasteiger partial charge in [-0.2, -0.15) is 4.98 Å². The van der Waals surface area contributed by atoms with Crippen molar-refractivity contribution in [3.05, 3.63) is 58.4 Å².